The fraction of sp³-hybridized carbons (Fsp3) is 0.684. The molecule has 3 atom stereocenters. The van der Waals surface area contributed by atoms with E-state index in [1.165, 1.54) is 18.4 Å². The minimum atomic E-state index is -1.11. The summed E-state index contributed by atoms with van der Waals surface area (Å²) in [7, 11) is 1.49. The number of ether oxygens (including phenoxy) is 1. The maximum Gasteiger partial charge on any atom is 0.249 e. The van der Waals surface area contributed by atoms with Gasteiger partial charge in [0.15, 0.2) is 0 Å². The Morgan fingerprint density at radius 2 is 2.15 bits per heavy atom. The fourth-order valence-electron chi connectivity index (χ4n) is 3.37. The van der Waals surface area contributed by atoms with Crippen LogP contribution >= 0.6 is 11.3 Å². The van der Waals surface area contributed by atoms with Gasteiger partial charge in [-0.15, -0.1) is 11.3 Å². The first kappa shape index (κ1) is 20.9. The molecule has 6 nitrogen and oxygen atoms in total. The second-order valence-corrected chi connectivity index (χ2v) is 9.35. The first-order chi connectivity index (χ1) is 12.0. The Kier molecular flexibility index (Phi) is 6.47. The molecule has 1 saturated heterocycles. The Labute approximate surface area is 159 Å². The highest BCUT2D eigenvalue weighted by atomic mass is 32.1. The van der Waals surface area contributed by atoms with Gasteiger partial charge in [-0.3, -0.25) is 9.59 Å². The average Bonchev–Trinajstić information content (AvgIpc) is 3.01. The largest absolute Gasteiger partial charge is 0.388 e. The molecule has 1 aliphatic rings. The number of hydrogen-bond acceptors (Lipinski definition) is 5. The fourth-order valence-corrected chi connectivity index (χ4v) is 4.24. The minimum absolute atomic E-state index is 0.0212. The number of likely N-dealkylation sites (tertiary alicyclic amines) is 1. The van der Waals surface area contributed by atoms with Crippen LogP contribution in [0.15, 0.2) is 17.5 Å². The molecule has 2 N–H and O–H groups in total. The van der Waals surface area contributed by atoms with Crippen molar-refractivity contribution in [3.05, 3.63) is 22.4 Å². The van der Waals surface area contributed by atoms with Gasteiger partial charge in [-0.2, -0.15) is 0 Å². The van der Waals surface area contributed by atoms with Crippen LogP contribution in [0.2, 0.25) is 0 Å². The number of carbonyl (C=O) groups is 2. The van der Waals surface area contributed by atoms with Gasteiger partial charge in [-0.1, -0.05) is 26.8 Å². The second kappa shape index (κ2) is 8.06. The van der Waals surface area contributed by atoms with E-state index in [2.05, 4.69) is 5.32 Å². The topological polar surface area (TPSA) is 78.9 Å². The van der Waals surface area contributed by atoms with Gasteiger partial charge < -0.3 is 20.1 Å². The van der Waals surface area contributed by atoms with Crippen LogP contribution < -0.4 is 5.32 Å². The van der Waals surface area contributed by atoms with Gasteiger partial charge in [0.05, 0.1) is 17.7 Å². The first-order valence-electron chi connectivity index (χ1n) is 8.89. The Balaban J connectivity index is 2.34. The Morgan fingerprint density at radius 3 is 2.69 bits per heavy atom. The highest BCUT2D eigenvalue weighted by molar-refractivity contribution is 7.10. The van der Waals surface area contributed by atoms with Crippen LogP contribution in [-0.4, -0.2) is 53.7 Å². The van der Waals surface area contributed by atoms with Crippen molar-refractivity contribution in [2.24, 2.45) is 5.41 Å². The molecule has 146 valence electrons. The SMILES string of the molecule is COCC(=O)N1CCC(C)(O)C(NC(=O)CC(C)(C)C)C1c1cccs1. The van der Waals surface area contributed by atoms with E-state index in [1.54, 1.807) is 11.8 Å². The molecule has 0 saturated carbocycles. The third-order valence-corrected chi connectivity index (χ3v) is 5.55. The van der Waals surface area contributed by atoms with Crippen LogP contribution in [0.5, 0.6) is 0 Å². The number of methoxy groups -OCH3 is 1. The lowest BCUT2D eigenvalue weighted by molar-refractivity contribution is -0.149. The highest BCUT2D eigenvalue weighted by Gasteiger charge is 2.48. The van der Waals surface area contributed by atoms with Crippen LogP contribution in [0.4, 0.5) is 0 Å². The zero-order valence-electron chi connectivity index (χ0n) is 16.2. The van der Waals surface area contributed by atoms with E-state index in [0.717, 1.165) is 4.88 Å². The van der Waals surface area contributed by atoms with Gasteiger partial charge in [-0.25, -0.2) is 0 Å². The van der Waals surface area contributed by atoms with E-state index in [9.17, 15) is 14.7 Å². The van der Waals surface area contributed by atoms with Crippen LogP contribution in [0.3, 0.4) is 0 Å². The number of aliphatic hydroxyl groups is 1. The summed E-state index contributed by atoms with van der Waals surface area (Å²) in [5, 5.41) is 16.0. The zero-order chi connectivity index (χ0) is 19.5. The molecule has 1 aromatic rings. The monoisotopic (exact) mass is 382 g/mol. The minimum Gasteiger partial charge on any atom is -0.388 e. The maximum atomic E-state index is 12.6. The van der Waals surface area contributed by atoms with E-state index in [4.69, 9.17) is 4.74 Å². The predicted octanol–water partition coefficient (Wildman–Crippen LogP) is 2.34. The van der Waals surface area contributed by atoms with Crippen molar-refractivity contribution in [3.8, 4) is 0 Å². The van der Waals surface area contributed by atoms with E-state index < -0.39 is 17.7 Å². The van der Waals surface area contributed by atoms with Gasteiger partial charge in [0.2, 0.25) is 11.8 Å². The summed E-state index contributed by atoms with van der Waals surface area (Å²) in [5.74, 6) is -0.262. The van der Waals surface area contributed by atoms with Gasteiger partial charge in [-0.05, 0) is 30.2 Å². The third kappa shape index (κ3) is 5.05. The molecule has 1 aliphatic heterocycles. The summed E-state index contributed by atoms with van der Waals surface area (Å²) >= 11 is 1.52. The molecule has 7 heteroatoms. The normalized spacial score (nSPS) is 26.6. The standard InChI is InChI=1S/C19H30N2O4S/c1-18(2,3)11-14(22)20-17-16(13-7-6-10-26-13)21(15(23)12-25-5)9-8-19(17,4)24/h6-7,10,16-17,24H,8-9,11-12H2,1-5H3,(H,20,22). The number of rotatable bonds is 5. The summed E-state index contributed by atoms with van der Waals surface area (Å²) in [6.07, 6.45) is 0.744. The molecule has 2 amide bonds. The van der Waals surface area contributed by atoms with Gasteiger partial charge >= 0.3 is 0 Å². The van der Waals surface area contributed by atoms with E-state index in [0.29, 0.717) is 19.4 Å². The lowest BCUT2D eigenvalue weighted by atomic mass is 9.81. The van der Waals surface area contributed by atoms with Crippen molar-refractivity contribution in [3.63, 3.8) is 0 Å². The molecule has 2 rings (SSSR count). The molecule has 0 bridgehead atoms. The molecular weight excluding hydrogens is 352 g/mol. The van der Waals surface area contributed by atoms with E-state index >= 15 is 0 Å². The van der Waals surface area contributed by atoms with Crippen molar-refractivity contribution in [2.45, 2.75) is 58.2 Å². The summed E-state index contributed by atoms with van der Waals surface area (Å²) in [6.45, 7) is 8.12. The number of nitrogens with zero attached hydrogens (tertiary/aromatic N) is 1. The molecule has 2 heterocycles. The maximum absolute atomic E-state index is 12.6. The summed E-state index contributed by atoms with van der Waals surface area (Å²) in [5.41, 5.74) is -1.26. The lowest BCUT2D eigenvalue weighted by Gasteiger charge is -2.48. The number of carbonyl (C=O) groups excluding carboxylic acids is 2. The van der Waals surface area contributed by atoms with Crippen LogP contribution in [0.1, 0.15) is 51.5 Å². The number of thiophene rings is 1. The van der Waals surface area contributed by atoms with Crippen molar-refractivity contribution in [1.29, 1.82) is 0 Å². The third-order valence-electron chi connectivity index (χ3n) is 4.61. The summed E-state index contributed by atoms with van der Waals surface area (Å²) in [6, 6.07) is 2.86. The molecule has 0 aromatic carbocycles. The smallest absolute Gasteiger partial charge is 0.249 e. The Morgan fingerprint density at radius 1 is 1.46 bits per heavy atom. The molecule has 1 aromatic heterocycles. The van der Waals surface area contributed by atoms with Gasteiger partial charge in [0.25, 0.3) is 0 Å². The Hall–Kier alpha value is -1.44. The number of piperidine rings is 1. The zero-order valence-corrected chi connectivity index (χ0v) is 17.1. The molecule has 3 unspecified atom stereocenters. The summed E-state index contributed by atoms with van der Waals surface area (Å²) < 4.78 is 5.02. The highest BCUT2D eigenvalue weighted by Crippen LogP contribution is 2.39. The van der Waals surface area contributed by atoms with Gasteiger partial charge in [0, 0.05) is 25.0 Å². The second-order valence-electron chi connectivity index (χ2n) is 8.37. The van der Waals surface area contributed by atoms with Crippen LogP contribution in [0, 0.1) is 5.41 Å². The quantitative estimate of drug-likeness (QED) is 0.819. The van der Waals surface area contributed by atoms with E-state index in [-0.39, 0.29) is 23.8 Å². The van der Waals surface area contributed by atoms with Crippen molar-refractivity contribution in [2.75, 3.05) is 20.3 Å². The predicted molar refractivity (Wildman–Crippen MR) is 102 cm³/mol. The van der Waals surface area contributed by atoms with Crippen LogP contribution in [-0.2, 0) is 14.3 Å². The Bertz CT molecular complexity index is 622. The molecule has 26 heavy (non-hydrogen) atoms. The lowest BCUT2D eigenvalue weighted by Crippen LogP contribution is -2.63. The number of amides is 2. The van der Waals surface area contributed by atoms with Gasteiger partial charge in [0.1, 0.15) is 6.61 Å². The van der Waals surface area contributed by atoms with Crippen molar-refractivity contribution in [1.82, 2.24) is 10.2 Å². The molecule has 0 radical (unpaired) electrons. The molecule has 0 spiro atoms. The van der Waals surface area contributed by atoms with Crippen LogP contribution in [0.25, 0.3) is 0 Å². The average molecular weight is 383 g/mol. The number of hydrogen-bond donors (Lipinski definition) is 2. The first-order valence-corrected chi connectivity index (χ1v) is 9.77. The number of nitrogens with one attached hydrogen (secondary N) is 1. The molecule has 0 aliphatic carbocycles. The van der Waals surface area contributed by atoms with E-state index in [1.807, 2.05) is 38.3 Å². The molecule has 1 fully saturated rings. The molecular formula is C19H30N2O4S. The van der Waals surface area contributed by atoms with Crippen molar-refractivity contribution < 1.29 is 19.4 Å². The van der Waals surface area contributed by atoms with Crippen molar-refractivity contribution >= 4 is 23.2 Å². The summed E-state index contributed by atoms with van der Waals surface area (Å²) in [4.78, 5) is 27.8.